The lowest BCUT2D eigenvalue weighted by Crippen LogP contribution is -2.34. The predicted molar refractivity (Wildman–Crippen MR) is 79.4 cm³/mol. The number of halogens is 1. The second-order valence-electron chi connectivity index (χ2n) is 5.36. The number of benzene rings is 1. The molecule has 1 saturated heterocycles. The zero-order valence-electron chi connectivity index (χ0n) is 11.2. The Hall–Kier alpha value is -0.830. The van der Waals surface area contributed by atoms with Gasteiger partial charge in [-0.15, -0.1) is 0 Å². The lowest BCUT2D eigenvalue weighted by atomic mass is 10.0. The van der Waals surface area contributed by atoms with Gasteiger partial charge >= 0.3 is 0 Å². The quantitative estimate of drug-likeness (QED) is 0.777. The summed E-state index contributed by atoms with van der Waals surface area (Å²) in [6.45, 7) is 7.22. The molecule has 1 atom stereocenters. The van der Waals surface area contributed by atoms with Crippen LogP contribution in [0.3, 0.4) is 0 Å². The van der Waals surface area contributed by atoms with E-state index < -0.39 is 0 Å². The first-order valence-corrected chi connectivity index (χ1v) is 7.37. The molecule has 3 heteroatoms. The molecule has 2 nitrogen and oxygen atoms in total. The summed E-state index contributed by atoms with van der Waals surface area (Å²) >= 11 is 3.45. The van der Waals surface area contributed by atoms with Crippen molar-refractivity contribution in [3.63, 3.8) is 0 Å². The average Bonchev–Trinajstić information content (AvgIpc) is 2.77. The summed E-state index contributed by atoms with van der Waals surface area (Å²) in [4.78, 5) is 14.2. The predicted octanol–water partition coefficient (Wildman–Crippen LogP) is 4.28. The van der Waals surface area contributed by atoms with Crippen LogP contribution in [-0.4, -0.2) is 18.4 Å². The van der Waals surface area contributed by atoms with Gasteiger partial charge in [-0.05, 0) is 43.9 Å². The molecular formula is C15H20BrNO. The molecule has 18 heavy (non-hydrogen) atoms. The Morgan fingerprint density at radius 2 is 2.17 bits per heavy atom. The van der Waals surface area contributed by atoms with Crippen LogP contribution in [0.5, 0.6) is 0 Å². The monoisotopic (exact) mass is 309 g/mol. The van der Waals surface area contributed by atoms with E-state index in [1.807, 2.05) is 12.1 Å². The van der Waals surface area contributed by atoms with Crippen molar-refractivity contribution in [1.82, 2.24) is 0 Å². The number of hydrogen-bond acceptors (Lipinski definition) is 2. The summed E-state index contributed by atoms with van der Waals surface area (Å²) in [7, 11) is 0. The van der Waals surface area contributed by atoms with Gasteiger partial charge in [0.2, 0.25) is 0 Å². The summed E-state index contributed by atoms with van der Waals surface area (Å²) in [6.07, 6.45) is 2.45. The van der Waals surface area contributed by atoms with Crippen molar-refractivity contribution in [2.75, 3.05) is 11.4 Å². The van der Waals surface area contributed by atoms with E-state index in [1.54, 1.807) is 6.92 Å². The van der Waals surface area contributed by atoms with E-state index in [1.165, 1.54) is 12.8 Å². The van der Waals surface area contributed by atoms with Crippen LogP contribution in [0, 0.1) is 5.92 Å². The molecule has 1 aliphatic heterocycles. The highest BCUT2D eigenvalue weighted by Crippen LogP contribution is 2.33. The maximum atomic E-state index is 11.8. The second kappa shape index (κ2) is 5.43. The number of anilines is 1. The summed E-state index contributed by atoms with van der Waals surface area (Å²) in [6, 6.07) is 6.59. The van der Waals surface area contributed by atoms with Crippen molar-refractivity contribution in [1.29, 1.82) is 0 Å². The fourth-order valence-electron chi connectivity index (χ4n) is 2.83. The van der Waals surface area contributed by atoms with Crippen LogP contribution in [0.15, 0.2) is 22.7 Å². The zero-order chi connectivity index (χ0) is 13.3. The van der Waals surface area contributed by atoms with Gasteiger partial charge in [-0.2, -0.15) is 0 Å². The maximum Gasteiger partial charge on any atom is 0.161 e. The van der Waals surface area contributed by atoms with E-state index in [9.17, 15) is 4.79 Å². The number of Topliss-reactive ketones (excluding diaryl/α,β-unsaturated/α-hetero) is 1. The topological polar surface area (TPSA) is 20.3 Å². The first kappa shape index (κ1) is 13.6. The molecule has 0 bridgehead atoms. The molecule has 1 aromatic rings. The Balaban J connectivity index is 2.41. The molecule has 0 aliphatic carbocycles. The Morgan fingerprint density at radius 1 is 1.44 bits per heavy atom. The molecule has 0 N–H and O–H groups in total. The van der Waals surface area contributed by atoms with Crippen molar-refractivity contribution in [3.05, 3.63) is 28.2 Å². The molecule has 98 valence electrons. The van der Waals surface area contributed by atoms with Gasteiger partial charge in [-0.1, -0.05) is 29.8 Å². The van der Waals surface area contributed by atoms with Crippen molar-refractivity contribution < 1.29 is 4.79 Å². The van der Waals surface area contributed by atoms with Gasteiger partial charge in [0.15, 0.2) is 5.78 Å². The van der Waals surface area contributed by atoms with Crippen LogP contribution < -0.4 is 4.90 Å². The van der Waals surface area contributed by atoms with Gasteiger partial charge in [-0.25, -0.2) is 0 Å². The SMILES string of the molecule is CC(=O)c1cc(Br)ccc1N1CCCC1C(C)C. The number of rotatable bonds is 3. The van der Waals surface area contributed by atoms with Gasteiger partial charge in [-0.3, -0.25) is 4.79 Å². The Labute approximate surface area is 117 Å². The minimum atomic E-state index is 0.140. The number of carbonyl (C=O) groups is 1. The Kier molecular flexibility index (Phi) is 4.10. The van der Waals surface area contributed by atoms with Crippen molar-refractivity contribution >= 4 is 27.4 Å². The Bertz CT molecular complexity index is 456. The Morgan fingerprint density at radius 3 is 2.78 bits per heavy atom. The van der Waals surface area contributed by atoms with E-state index in [2.05, 4.69) is 40.7 Å². The second-order valence-corrected chi connectivity index (χ2v) is 6.28. The fraction of sp³-hybridized carbons (Fsp3) is 0.533. The van der Waals surface area contributed by atoms with Crippen LogP contribution in [-0.2, 0) is 0 Å². The molecule has 1 aromatic carbocycles. The van der Waals surface area contributed by atoms with E-state index in [0.29, 0.717) is 12.0 Å². The summed E-state index contributed by atoms with van der Waals surface area (Å²) in [5, 5.41) is 0. The molecule has 1 unspecified atom stereocenters. The molecule has 1 aliphatic rings. The van der Waals surface area contributed by atoms with Crippen LogP contribution in [0.1, 0.15) is 44.0 Å². The third-order valence-electron chi connectivity index (χ3n) is 3.72. The van der Waals surface area contributed by atoms with Crippen molar-refractivity contribution in [3.8, 4) is 0 Å². The fourth-order valence-corrected chi connectivity index (χ4v) is 3.19. The number of ketones is 1. The molecule has 1 heterocycles. The minimum absolute atomic E-state index is 0.140. The summed E-state index contributed by atoms with van der Waals surface area (Å²) < 4.78 is 0.969. The highest BCUT2D eigenvalue weighted by atomic mass is 79.9. The first-order chi connectivity index (χ1) is 8.50. The van der Waals surface area contributed by atoms with Gasteiger partial charge in [0, 0.05) is 28.3 Å². The van der Waals surface area contributed by atoms with Crippen LogP contribution >= 0.6 is 15.9 Å². The standard InChI is InChI=1S/C15H20BrNO/c1-10(2)14-5-4-8-17(14)15-7-6-12(16)9-13(15)11(3)18/h6-7,9-10,14H,4-5,8H2,1-3H3. The number of carbonyl (C=O) groups excluding carboxylic acids is 1. The number of nitrogens with zero attached hydrogens (tertiary/aromatic N) is 1. The molecule has 0 saturated carbocycles. The van der Waals surface area contributed by atoms with Gasteiger partial charge in [0.25, 0.3) is 0 Å². The normalized spacial score (nSPS) is 19.6. The molecule has 0 aromatic heterocycles. The van der Waals surface area contributed by atoms with Gasteiger partial charge < -0.3 is 4.90 Å². The van der Waals surface area contributed by atoms with E-state index in [-0.39, 0.29) is 5.78 Å². The average molecular weight is 310 g/mol. The lowest BCUT2D eigenvalue weighted by Gasteiger charge is -2.31. The third kappa shape index (κ3) is 2.61. The van der Waals surface area contributed by atoms with Gasteiger partial charge in [0.1, 0.15) is 0 Å². The molecule has 0 amide bonds. The molecule has 2 rings (SSSR count). The largest absolute Gasteiger partial charge is 0.368 e. The lowest BCUT2D eigenvalue weighted by molar-refractivity contribution is 0.101. The zero-order valence-corrected chi connectivity index (χ0v) is 12.8. The van der Waals surface area contributed by atoms with Crippen LogP contribution in [0.4, 0.5) is 5.69 Å². The van der Waals surface area contributed by atoms with Crippen molar-refractivity contribution in [2.45, 2.75) is 39.7 Å². The summed E-state index contributed by atoms with van der Waals surface area (Å²) in [5.74, 6) is 0.761. The highest BCUT2D eigenvalue weighted by Gasteiger charge is 2.29. The highest BCUT2D eigenvalue weighted by molar-refractivity contribution is 9.10. The smallest absolute Gasteiger partial charge is 0.161 e. The molecule has 0 radical (unpaired) electrons. The van der Waals surface area contributed by atoms with Crippen LogP contribution in [0.2, 0.25) is 0 Å². The minimum Gasteiger partial charge on any atom is -0.368 e. The van der Waals surface area contributed by atoms with E-state index in [0.717, 1.165) is 22.3 Å². The molecule has 0 spiro atoms. The van der Waals surface area contributed by atoms with Crippen LogP contribution in [0.25, 0.3) is 0 Å². The maximum absolute atomic E-state index is 11.8. The molecule has 1 fully saturated rings. The van der Waals surface area contributed by atoms with E-state index in [4.69, 9.17) is 0 Å². The first-order valence-electron chi connectivity index (χ1n) is 6.58. The molecular weight excluding hydrogens is 290 g/mol. The number of hydrogen-bond donors (Lipinski definition) is 0. The van der Waals surface area contributed by atoms with E-state index >= 15 is 0 Å². The summed E-state index contributed by atoms with van der Waals surface area (Å²) in [5.41, 5.74) is 1.93. The third-order valence-corrected chi connectivity index (χ3v) is 4.21. The van der Waals surface area contributed by atoms with Crippen molar-refractivity contribution in [2.24, 2.45) is 5.92 Å². The van der Waals surface area contributed by atoms with Gasteiger partial charge in [0.05, 0.1) is 0 Å².